The molecular weight excluding hydrogens is 254 g/mol. The van der Waals surface area contributed by atoms with Gasteiger partial charge in [0.15, 0.2) is 0 Å². The summed E-state index contributed by atoms with van der Waals surface area (Å²) in [6.07, 6.45) is 5.02. The third-order valence-electron chi connectivity index (χ3n) is 3.25. The smallest absolute Gasteiger partial charge is 0.228 e. The number of nitrogens with zero attached hydrogens (tertiary/aromatic N) is 2. The topological polar surface area (TPSA) is 60.2 Å². The molecule has 1 heterocycles. The lowest BCUT2D eigenvalue weighted by molar-refractivity contribution is 0.0518. The van der Waals surface area contributed by atoms with Crippen molar-refractivity contribution in [2.24, 2.45) is 0 Å². The van der Waals surface area contributed by atoms with Gasteiger partial charge in [0.25, 0.3) is 0 Å². The molecule has 2 unspecified atom stereocenters. The number of nitrogens with one attached hydrogen (secondary N) is 1. The third-order valence-corrected chi connectivity index (χ3v) is 3.25. The molecule has 0 amide bonds. The molecular formula is C15H29N3O2. The average molecular weight is 283 g/mol. The lowest BCUT2D eigenvalue weighted by atomic mass is 10.1. The molecule has 0 aromatic carbocycles. The third kappa shape index (κ3) is 5.59. The summed E-state index contributed by atoms with van der Waals surface area (Å²) in [4.78, 5) is 4.49. The monoisotopic (exact) mass is 283 g/mol. The standard InChI is InChI=1S/C15H29N3O2/c1-5-9-12(16-10-6-2)11-14-17-15(18-20-14)13(7-3)19-8-4/h12-13,16H,5-11H2,1-4H3. The van der Waals surface area contributed by atoms with Gasteiger partial charge in [-0.3, -0.25) is 0 Å². The van der Waals surface area contributed by atoms with Crippen LogP contribution in [0.4, 0.5) is 0 Å². The first kappa shape index (κ1) is 17.1. The minimum absolute atomic E-state index is 0.0503. The average Bonchev–Trinajstić information content (AvgIpc) is 2.90. The Hall–Kier alpha value is -0.940. The van der Waals surface area contributed by atoms with Crippen LogP contribution in [-0.2, 0) is 11.2 Å². The first-order valence-corrected chi connectivity index (χ1v) is 7.92. The Bertz CT molecular complexity index is 355. The van der Waals surface area contributed by atoms with Crippen molar-refractivity contribution in [2.45, 2.75) is 71.9 Å². The van der Waals surface area contributed by atoms with Crippen LogP contribution in [0.25, 0.3) is 0 Å². The van der Waals surface area contributed by atoms with Gasteiger partial charge in [0.1, 0.15) is 6.10 Å². The summed E-state index contributed by atoms with van der Waals surface area (Å²) in [6.45, 7) is 10.1. The van der Waals surface area contributed by atoms with Crippen LogP contribution < -0.4 is 5.32 Å². The van der Waals surface area contributed by atoms with Crippen LogP contribution >= 0.6 is 0 Å². The minimum Gasteiger partial charge on any atom is -0.370 e. The van der Waals surface area contributed by atoms with E-state index < -0.39 is 0 Å². The summed E-state index contributed by atoms with van der Waals surface area (Å²) in [5.41, 5.74) is 0. The molecule has 0 fully saturated rings. The van der Waals surface area contributed by atoms with Crippen molar-refractivity contribution in [3.05, 3.63) is 11.7 Å². The number of hydrogen-bond donors (Lipinski definition) is 1. The molecule has 20 heavy (non-hydrogen) atoms. The van der Waals surface area contributed by atoms with E-state index in [4.69, 9.17) is 9.26 Å². The predicted octanol–water partition coefficient (Wildman–Crippen LogP) is 3.27. The largest absolute Gasteiger partial charge is 0.370 e. The van der Waals surface area contributed by atoms with Gasteiger partial charge in [-0.15, -0.1) is 0 Å². The molecule has 0 saturated carbocycles. The number of hydrogen-bond acceptors (Lipinski definition) is 5. The predicted molar refractivity (Wildman–Crippen MR) is 79.6 cm³/mol. The quantitative estimate of drug-likeness (QED) is 0.675. The molecule has 0 radical (unpaired) electrons. The van der Waals surface area contributed by atoms with Gasteiger partial charge in [-0.1, -0.05) is 32.3 Å². The Morgan fingerprint density at radius 3 is 2.60 bits per heavy atom. The first-order valence-electron chi connectivity index (χ1n) is 7.92. The molecule has 0 aliphatic carbocycles. The molecule has 0 spiro atoms. The Kier molecular flexibility index (Phi) is 8.46. The van der Waals surface area contributed by atoms with Crippen molar-refractivity contribution in [3.8, 4) is 0 Å². The fourth-order valence-electron chi connectivity index (χ4n) is 2.24. The molecule has 0 aliphatic rings. The summed E-state index contributed by atoms with van der Waals surface area (Å²) in [5, 5.41) is 7.60. The summed E-state index contributed by atoms with van der Waals surface area (Å²) >= 11 is 0. The zero-order chi connectivity index (χ0) is 14.8. The van der Waals surface area contributed by atoms with Crippen LogP contribution in [0.1, 0.15) is 71.2 Å². The van der Waals surface area contributed by atoms with Gasteiger partial charge >= 0.3 is 0 Å². The maximum Gasteiger partial charge on any atom is 0.228 e. The highest BCUT2D eigenvalue weighted by Crippen LogP contribution is 2.18. The van der Waals surface area contributed by atoms with Crippen molar-refractivity contribution >= 4 is 0 Å². The van der Waals surface area contributed by atoms with Crippen molar-refractivity contribution in [3.63, 3.8) is 0 Å². The van der Waals surface area contributed by atoms with Gasteiger partial charge in [-0.2, -0.15) is 4.98 Å². The lowest BCUT2D eigenvalue weighted by Gasteiger charge is -2.15. The molecule has 2 atom stereocenters. The molecule has 116 valence electrons. The van der Waals surface area contributed by atoms with Gasteiger partial charge in [0.2, 0.25) is 11.7 Å². The van der Waals surface area contributed by atoms with Crippen molar-refractivity contribution in [1.29, 1.82) is 0 Å². The van der Waals surface area contributed by atoms with E-state index in [1.807, 2.05) is 6.92 Å². The summed E-state index contributed by atoms with van der Waals surface area (Å²) < 4.78 is 11.0. The summed E-state index contributed by atoms with van der Waals surface area (Å²) in [7, 11) is 0. The molecule has 1 N–H and O–H groups in total. The number of ether oxygens (including phenoxy) is 1. The van der Waals surface area contributed by atoms with Crippen LogP contribution in [0.2, 0.25) is 0 Å². The van der Waals surface area contributed by atoms with E-state index in [2.05, 4.69) is 36.2 Å². The highest BCUT2D eigenvalue weighted by molar-refractivity contribution is 4.93. The molecule has 5 heteroatoms. The van der Waals surface area contributed by atoms with Crippen LogP contribution in [0, 0.1) is 0 Å². The van der Waals surface area contributed by atoms with Gasteiger partial charge in [0.05, 0.1) is 0 Å². The highest BCUT2D eigenvalue weighted by Gasteiger charge is 2.18. The Morgan fingerprint density at radius 2 is 2.00 bits per heavy atom. The second kappa shape index (κ2) is 9.88. The van der Waals surface area contributed by atoms with E-state index in [1.54, 1.807) is 0 Å². The second-order valence-electron chi connectivity index (χ2n) is 5.04. The summed E-state index contributed by atoms with van der Waals surface area (Å²) in [6, 6.07) is 0.417. The van der Waals surface area contributed by atoms with E-state index >= 15 is 0 Å². The second-order valence-corrected chi connectivity index (χ2v) is 5.04. The van der Waals surface area contributed by atoms with Gasteiger partial charge in [-0.25, -0.2) is 0 Å². The van der Waals surface area contributed by atoms with E-state index in [0.717, 1.165) is 38.6 Å². The zero-order valence-electron chi connectivity index (χ0n) is 13.3. The molecule has 0 saturated heterocycles. The number of rotatable bonds is 11. The van der Waals surface area contributed by atoms with Crippen LogP contribution in [0.3, 0.4) is 0 Å². The van der Waals surface area contributed by atoms with Gasteiger partial charge < -0.3 is 14.6 Å². The first-order chi connectivity index (χ1) is 9.74. The van der Waals surface area contributed by atoms with Crippen molar-refractivity contribution < 1.29 is 9.26 Å². The van der Waals surface area contributed by atoms with Crippen LogP contribution in [0.5, 0.6) is 0 Å². The summed E-state index contributed by atoms with van der Waals surface area (Å²) in [5.74, 6) is 1.38. The number of aromatic nitrogens is 2. The molecule has 1 rings (SSSR count). The van der Waals surface area contributed by atoms with Crippen molar-refractivity contribution in [1.82, 2.24) is 15.5 Å². The van der Waals surface area contributed by atoms with Crippen LogP contribution in [-0.4, -0.2) is 29.3 Å². The highest BCUT2D eigenvalue weighted by atomic mass is 16.5. The van der Waals surface area contributed by atoms with Gasteiger partial charge in [0, 0.05) is 19.1 Å². The minimum atomic E-state index is -0.0503. The Balaban J connectivity index is 2.59. The fraction of sp³-hybridized carbons (Fsp3) is 0.867. The molecule has 5 nitrogen and oxygen atoms in total. The van der Waals surface area contributed by atoms with E-state index in [-0.39, 0.29) is 6.10 Å². The van der Waals surface area contributed by atoms with Crippen molar-refractivity contribution in [2.75, 3.05) is 13.2 Å². The van der Waals surface area contributed by atoms with Crippen LogP contribution in [0.15, 0.2) is 4.52 Å². The SMILES string of the molecule is CCCNC(CCC)Cc1nc(C(CC)OCC)no1. The zero-order valence-corrected chi connectivity index (χ0v) is 13.3. The van der Waals surface area contributed by atoms with E-state index in [9.17, 15) is 0 Å². The Labute approximate surface area is 122 Å². The molecule has 0 bridgehead atoms. The van der Waals surface area contributed by atoms with E-state index in [0.29, 0.717) is 24.4 Å². The van der Waals surface area contributed by atoms with E-state index in [1.165, 1.54) is 0 Å². The molecule has 0 aliphatic heterocycles. The maximum absolute atomic E-state index is 5.61. The lowest BCUT2D eigenvalue weighted by Crippen LogP contribution is -2.31. The Morgan fingerprint density at radius 1 is 1.20 bits per heavy atom. The molecule has 1 aromatic heterocycles. The normalized spacial score (nSPS) is 14.4. The fourth-order valence-corrected chi connectivity index (χ4v) is 2.24. The van der Waals surface area contributed by atoms with Gasteiger partial charge in [-0.05, 0) is 32.7 Å². The molecule has 1 aromatic rings. The maximum atomic E-state index is 5.61.